The molecule has 0 aliphatic rings. The van der Waals surface area contributed by atoms with Gasteiger partial charge in [-0.1, -0.05) is 0 Å². The van der Waals surface area contributed by atoms with Gasteiger partial charge in [-0.3, -0.25) is 10.1 Å². The number of pyridine rings is 1. The number of aromatic nitrogens is 3. The van der Waals surface area contributed by atoms with Crippen molar-refractivity contribution in [3.8, 4) is 5.82 Å². The van der Waals surface area contributed by atoms with Crippen molar-refractivity contribution in [3.05, 3.63) is 44.8 Å². The van der Waals surface area contributed by atoms with Crippen LogP contribution in [-0.2, 0) is 0 Å². The number of nitrogens with zero attached hydrogens (tertiary/aromatic N) is 4. The van der Waals surface area contributed by atoms with Gasteiger partial charge in [-0.25, -0.2) is 14.5 Å². The second-order valence-electron chi connectivity index (χ2n) is 3.20. The molecule has 92 valence electrons. The largest absolute Gasteiger partial charge is 0.477 e. The molecular formula is C9H5BrN4O4. The van der Waals surface area contributed by atoms with Gasteiger partial charge in [0.1, 0.15) is 0 Å². The quantitative estimate of drug-likeness (QED) is 0.681. The Kier molecular flexibility index (Phi) is 3.06. The van der Waals surface area contributed by atoms with Gasteiger partial charge in [0, 0.05) is 12.3 Å². The second-order valence-corrected chi connectivity index (χ2v) is 4.12. The number of hydrogen-bond acceptors (Lipinski definition) is 5. The predicted molar refractivity (Wildman–Crippen MR) is 62.7 cm³/mol. The van der Waals surface area contributed by atoms with Gasteiger partial charge >= 0.3 is 11.7 Å². The number of carbonyl (C=O) groups is 1. The second kappa shape index (κ2) is 4.53. The van der Waals surface area contributed by atoms with Crippen molar-refractivity contribution < 1.29 is 14.8 Å². The zero-order valence-electron chi connectivity index (χ0n) is 8.65. The van der Waals surface area contributed by atoms with Crippen molar-refractivity contribution in [2.24, 2.45) is 0 Å². The number of hydrogen-bond donors (Lipinski definition) is 1. The highest BCUT2D eigenvalue weighted by Crippen LogP contribution is 2.21. The highest BCUT2D eigenvalue weighted by atomic mass is 79.9. The molecule has 0 saturated heterocycles. The number of carboxylic acid groups (broad SMARTS) is 1. The van der Waals surface area contributed by atoms with Crippen LogP contribution in [0.4, 0.5) is 5.69 Å². The van der Waals surface area contributed by atoms with Crippen molar-refractivity contribution in [1.82, 2.24) is 14.8 Å². The zero-order chi connectivity index (χ0) is 13.3. The Morgan fingerprint density at radius 3 is 2.72 bits per heavy atom. The van der Waals surface area contributed by atoms with Crippen molar-refractivity contribution >= 4 is 27.6 Å². The molecule has 2 rings (SSSR count). The summed E-state index contributed by atoms with van der Waals surface area (Å²) in [5.74, 6) is -1.41. The Balaban J connectivity index is 2.64. The minimum atomic E-state index is -1.27. The van der Waals surface area contributed by atoms with E-state index in [0.717, 1.165) is 16.8 Å². The summed E-state index contributed by atoms with van der Waals surface area (Å²) in [7, 11) is 0. The number of nitro groups is 1. The van der Waals surface area contributed by atoms with E-state index in [4.69, 9.17) is 5.11 Å². The van der Waals surface area contributed by atoms with E-state index in [2.05, 4.69) is 26.0 Å². The Labute approximate surface area is 108 Å². The summed E-state index contributed by atoms with van der Waals surface area (Å²) in [5.41, 5.74) is -0.613. The summed E-state index contributed by atoms with van der Waals surface area (Å²) in [4.78, 5) is 24.7. The molecule has 0 aliphatic carbocycles. The summed E-state index contributed by atoms with van der Waals surface area (Å²) >= 11 is 3.14. The third-order valence-electron chi connectivity index (χ3n) is 2.04. The van der Waals surface area contributed by atoms with Crippen LogP contribution >= 0.6 is 15.9 Å². The van der Waals surface area contributed by atoms with Gasteiger partial charge in [-0.2, -0.15) is 5.10 Å². The molecule has 0 aromatic carbocycles. The highest BCUT2D eigenvalue weighted by Gasteiger charge is 2.20. The predicted octanol–water partition coefficient (Wildman–Crippen LogP) is 1.64. The number of halogens is 1. The van der Waals surface area contributed by atoms with E-state index >= 15 is 0 Å². The van der Waals surface area contributed by atoms with Crippen molar-refractivity contribution in [2.45, 2.75) is 0 Å². The van der Waals surface area contributed by atoms with E-state index in [1.807, 2.05) is 0 Å². The zero-order valence-corrected chi connectivity index (χ0v) is 10.2. The SMILES string of the molecule is O=C(O)c1ccc([N+](=O)[O-])c(-n2cc(Br)cn2)n1. The average molecular weight is 313 g/mol. The minimum absolute atomic E-state index is 0.148. The van der Waals surface area contributed by atoms with Crippen LogP contribution in [0.2, 0.25) is 0 Å². The van der Waals surface area contributed by atoms with Crippen LogP contribution in [0.3, 0.4) is 0 Å². The standard InChI is InChI=1S/C9H5BrN4O4/c10-5-3-11-13(4-5)8-7(14(17)18)2-1-6(12-8)9(15)16/h1-4H,(H,15,16). The van der Waals surface area contributed by atoms with Gasteiger partial charge in [0.25, 0.3) is 0 Å². The summed E-state index contributed by atoms with van der Waals surface area (Å²) < 4.78 is 1.73. The normalized spacial score (nSPS) is 10.3. The minimum Gasteiger partial charge on any atom is -0.477 e. The lowest BCUT2D eigenvalue weighted by molar-refractivity contribution is -0.384. The number of rotatable bonds is 3. The van der Waals surface area contributed by atoms with Gasteiger partial charge in [-0.05, 0) is 22.0 Å². The number of carboxylic acids is 1. The summed E-state index contributed by atoms with van der Waals surface area (Å²) in [6, 6.07) is 2.16. The van der Waals surface area contributed by atoms with E-state index in [0.29, 0.717) is 4.47 Å². The van der Waals surface area contributed by atoms with Gasteiger partial charge in [0.2, 0.25) is 5.82 Å². The van der Waals surface area contributed by atoms with E-state index in [9.17, 15) is 14.9 Å². The molecular weight excluding hydrogens is 308 g/mol. The Morgan fingerprint density at radius 2 is 2.22 bits per heavy atom. The fourth-order valence-electron chi connectivity index (χ4n) is 1.29. The van der Waals surface area contributed by atoms with Gasteiger partial charge < -0.3 is 5.11 Å². The molecule has 0 aliphatic heterocycles. The van der Waals surface area contributed by atoms with E-state index in [1.165, 1.54) is 12.4 Å². The molecule has 2 aromatic heterocycles. The first-order valence-electron chi connectivity index (χ1n) is 4.58. The molecule has 1 N–H and O–H groups in total. The van der Waals surface area contributed by atoms with Crippen LogP contribution < -0.4 is 0 Å². The maximum atomic E-state index is 10.8. The Morgan fingerprint density at radius 1 is 1.50 bits per heavy atom. The molecule has 2 heterocycles. The van der Waals surface area contributed by atoms with E-state index in [-0.39, 0.29) is 17.2 Å². The molecule has 0 unspecified atom stereocenters. The molecule has 2 aromatic rings. The van der Waals surface area contributed by atoms with Crippen LogP contribution in [0.25, 0.3) is 5.82 Å². The lowest BCUT2D eigenvalue weighted by atomic mass is 10.3. The molecule has 0 bridgehead atoms. The fourth-order valence-corrected chi connectivity index (χ4v) is 1.57. The van der Waals surface area contributed by atoms with Crippen LogP contribution in [0.1, 0.15) is 10.5 Å². The summed E-state index contributed by atoms with van der Waals surface area (Å²) in [5, 5.41) is 23.5. The molecule has 0 amide bonds. The maximum absolute atomic E-state index is 10.8. The first-order valence-corrected chi connectivity index (χ1v) is 5.37. The molecule has 0 saturated carbocycles. The van der Waals surface area contributed by atoms with Gasteiger partial charge in [-0.15, -0.1) is 0 Å². The van der Waals surface area contributed by atoms with Crippen LogP contribution in [-0.4, -0.2) is 30.8 Å². The molecule has 18 heavy (non-hydrogen) atoms. The fraction of sp³-hybridized carbons (Fsp3) is 0. The molecule has 0 fully saturated rings. The number of aromatic carboxylic acids is 1. The maximum Gasteiger partial charge on any atom is 0.354 e. The van der Waals surface area contributed by atoms with Crippen molar-refractivity contribution in [2.75, 3.05) is 0 Å². The Bertz CT molecular complexity index is 639. The first kappa shape index (κ1) is 12.2. The lowest BCUT2D eigenvalue weighted by Crippen LogP contribution is -2.08. The third kappa shape index (κ3) is 2.20. The van der Waals surface area contributed by atoms with Gasteiger partial charge in [0.05, 0.1) is 15.6 Å². The highest BCUT2D eigenvalue weighted by molar-refractivity contribution is 9.10. The summed E-state index contributed by atoms with van der Waals surface area (Å²) in [6.45, 7) is 0. The van der Waals surface area contributed by atoms with Gasteiger partial charge in [0.15, 0.2) is 5.69 Å². The molecule has 8 nitrogen and oxygen atoms in total. The van der Waals surface area contributed by atoms with Crippen LogP contribution in [0, 0.1) is 10.1 Å². The molecule has 9 heteroatoms. The van der Waals surface area contributed by atoms with E-state index < -0.39 is 10.9 Å². The topological polar surface area (TPSA) is 111 Å². The van der Waals surface area contributed by atoms with Crippen molar-refractivity contribution in [3.63, 3.8) is 0 Å². The third-order valence-corrected chi connectivity index (χ3v) is 2.45. The Hall–Kier alpha value is -2.29. The molecule has 0 atom stereocenters. The van der Waals surface area contributed by atoms with E-state index in [1.54, 1.807) is 0 Å². The van der Waals surface area contributed by atoms with Crippen LogP contribution in [0.15, 0.2) is 29.0 Å². The first-order chi connectivity index (χ1) is 8.49. The lowest BCUT2D eigenvalue weighted by Gasteiger charge is -2.02. The monoisotopic (exact) mass is 312 g/mol. The smallest absolute Gasteiger partial charge is 0.354 e. The summed E-state index contributed by atoms with van der Waals surface area (Å²) in [6.07, 6.45) is 2.86. The van der Waals surface area contributed by atoms with Crippen LogP contribution in [0.5, 0.6) is 0 Å². The molecule has 0 spiro atoms. The average Bonchev–Trinajstić information content (AvgIpc) is 2.74. The van der Waals surface area contributed by atoms with Crippen molar-refractivity contribution in [1.29, 1.82) is 0 Å². The molecule has 0 radical (unpaired) electrons.